The quantitative estimate of drug-likeness (QED) is 0.0343. The van der Waals surface area contributed by atoms with E-state index in [2.05, 4.69) is 20.8 Å². The molecule has 6 nitrogen and oxygen atoms in total. The molecular weight excluding hydrogens is 961 g/mol. The third kappa shape index (κ3) is 65.2. The van der Waals surface area contributed by atoms with E-state index < -0.39 is 6.10 Å². The largest absolute Gasteiger partial charge is 0.462 e. The van der Waals surface area contributed by atoms with Crippen LogP contribution in [-0.2, 0) is 28.6 Å². The van der Waals surface area contributed by atoms with Gasteiger partial charge >= 0.3 is 17.9 Å². The van der Waals surface area contributed by atoms with Crippen molar-refractivity contribution >= 4 is 17.9 Å². The van der Waals surface area contributed by atoms with Gasteiger partial charge in [0.15, 0.2) is 6.10 Å². The minimum absolute atomic E-state index is 0.0617. The second kappa shape index (κ2) is 67.9. The summed E-state index contributed by atoms with van der Waals surface area (Å²) in [6.45, 7) is 6.67. The van der Waals surface area contributed by atoms with Gasteiger partial charge in [0.2, 0.25) is 0 Å². The molecule has 0 bridgehead atoms. The van der Waals surface area contributed by atoms with Crippen LogP contribution in [0.25, 0.3) is 0 Å². The molecule has 0 saturated carbocycles. The Balaban J connectivity index is 3.87. The van der Waals surface area contributed by atoms with Crippen LogP contribution in [0.4, 0.5) is 0 Å². The zero-order chi connectivity index (χ0) is 56.4. The molecule has 0 heterocycles. The van der Waals surface area contributed by atoms with Gasteiger partial charge in [0.25, 0.3) is 0 Å². The lowest BCUT2D eigenvalue weighted by molar-refractivity contribution is -0.167. The molecule has 0 aliphatic carbocycles. The molecule has 6 heteroatoms. The van der Waals surface area contributed by atoms with Gasteiger partial charge in [-0.05, 0) is 19.3 Å². The minimum atomic E-state index is -0.761. The van der Waals surface area contributed by atoms with Crippen LogP contribution in [0, 0.1) is 0 Å². The molecule has 0 aliphatic heterocycles. The molecular formula is C72H140O6. The summed E-state index contributed by atoms with van der Waals surface area (Å²) >= 11 is 0. The molecule has 78 heavy (non-hydrogen) atoms. The number of hydrogen-bond acceptors (Lipinski definition) is 6. The van der Waals surface area contributed by atoms with Gasteiger partial charge in [0.05, 0.1) is 0 Å². The molecule has 464 valence electrons. The van der Waals surface area contributed by atoms with Crippen LogP contribution in [0.1, 0.15) is 425 Å². The van der Waals surface area contributed by atoms with Crippen LogP contribution in [0.5, 0.6) is 0 Å². The number of carbonyl (C=O) groups excluding carboxylic acids is 3. The molecule has 0 rings (SSSR count). The van der Waals surface area contributed by atoms with Gasteiger partial charge in [-0.3, -0.25) is 14.4 Å². The van der Waals surface area contributed by atoms with E-state index in [9.17, 15) is 14.4 Å². The Morgan fingerprint density at radius 2 is 0.346 bits per heavy atom. The van der Waals surface area contributed by atoms with Crippen molar-refractivity contribution in [1.29, 1.82) is 0 Å². The van der Waals surface area contributed by atoms with Crippen molar-refractivity contribution < 1.29 is 28.6 Å². The Labute approximate surface area is 488 Å². The summed E-state index contributed by atoms with van der Waals surface area (Å²) in [5.41, 5.74) is 0. The van der Waals surface area contributed by atoms with Gasteiger partial charge in [-0.2, -0.15) is 0 Å². The topological polar surface area (TPSA) is 78.9 Å². The van der Waals surface area contributed by atoms with Gasteiger partial charge in [-0.25, -0.2) is 0 Å². The SMILES string of the molecule is CCCCCCCCCCCCCCCCCCCCCCCCCCCCCCCCCCCCC(=O)OCC(COC(=O)CCCCCCCC)OC(=O)CCCCCCCCCCCCCCCCCCCCCC. The lowest BCUT2D eigenvalue weighted by Gasteiger charge is -2.18. The molecule has 0 amide bonds. The fourth-order valence-corrected chi connectivity index (χ4v) is 11.5. The van der Waals surface area contributed by atoms with Gasteiger partial charge in [-0.15, -0.1) is 0 Å². The van der Waals surface area contributed by atoms with Crippen molar-refractivity contribution in [2.24, 2.45) is 0 Å². The molecule has 0 spiro atoms. The molecule has 0 fully saturated rings. The number of ether oxygens (including phenoxy) is 3. The Hall–Kier alpha value is -1.59. The predicted molar refractivity (Wildman–Crippen MR) is 340 cm³/mol. The summed E-state index contributed by atoms with van der Waals surface area (Å²) in [4.78, 5) is 38.1. The monoisotopic (exact) mass is 1100 g/mol. The third-order valence-electron chi connectivity index (χ3n) is 16.9. The summed E-state index contributed by atoms with van der Waals surface area (Å²) in [7, 11) is 0. The number of hydrogen-bond donors (Lipinski definition) is 0. The van der Waals surface area contributed by atoms with E-state index in [1.165, 1.54) is 327 Å². The first-order valence-corrected chi connectivity index (χ1v) is 36.0. The summed E-state index contributed by atoms with van der Waals surface area (Å²) in [5, 5.41) is 0. The average molecular weight is 1100 g/mol. The van der Waals surface area contributed by atoms with E-state index >= 15 is 0 Å². The van der Waals surface area contributed by atoms with E-state index in [-0.39, 0.29) is 31.1 Å². The molecule has 0 aromatic rings. The summed E-state index contributed by atoms with van der Waals surface area (Å²) < 4.78 is 16.9. The second-order valence-corrected chi connectivity index (χ2v) is 24.9. The smallest absolute Gasteiger partial charge is 0.306 e. The van der Waals surface area contributed by atoms with Crippen molar-refractivity contribution in [3.8, 4) is 0 Å². The molecule has 0 aromatic carbocycles. The number of esters is 3. The zero-order valence-corrected chi connectivity index (χ0v) is 53.5. The number of rotatable bonds is 68. The molecule has 0 aromatic heterocycles. The Morgan fingerprint density at radius 3 is 0.513 bits per heavy atom. The van der Waals surface area contributed by atoms with E-state index in [0.29, 0.717) is 19.3 Å². The highest BCUT2D eigenvalue weighted by Crippen LogP contribution is 2.20. The fourth-order valence-electron chi connectivity index (χ4n) is 11.5. The first-order chi connectivity index (χ1) is 38.5. The van der Waals surface area contributed by atoms with Crippen LogP contribution in [-0.4, -0.2) is 37.2 Å². The lowest BCUT2D eigenvalue weighted by atomic mass is 10.0. The van der Waals surface area contributed by atoms with Gasteiger partial charge < -0.3 is 14.2 Å². The van der Waals surface area contributed by atoms with E-state index in [0.717, 1.165) is 57.8 Å². The van der Waals surface area contributed by atoms with Crippen LogP contribution in [0.3, 0.4) is 0 Å². The first-order valence-electron chi connectivity index (χ1n) is 36.0. The second-order valence-electron chi connectivity index (χ2n) is 24.9. The minimum Gasteiger partial charge on any atom is -0.462 e. The summed E-state index contributed by atoms with van der Waals surface area (Å²) in [5.74, 6) is -0.838. The highest BCUT2D eigenvalue weighted by atomic mass is 16.6. The Morgan fingerprint density at radius 1 is 0.205 bits per heavy atom. The molecule has 0 aliphatic rings. The molecule has 0 radical (unpaired) electrons. The third-order valence-corrected chi connectivity index (χ3v) is 16.9. The molecule has 0 N–H and O–H groups in total. The normalized spacial score (nSPS) is 11.9. The van der Waals surface area contributed by atoms with Crippen molar-refractivity contribution in [3.63, 3.8) is 0 Å². The summed E-state index contributed by atoms with van der Waals surface area (Å²) in [6.07, 6.45) is 80.6. The van der Waals surface area contributed by atoms with E-state index in [1.54, 1.807) is 0 Å². The maximum atomic E-state index is 12.9. The van der Waals surface area contributed by atoms with E-state index in [1.807, 2.05) is 0 Å². The van der Waals surface area contributed by atoms with Gasteiger partial charge in [0.1, 0.15) is 13.2 Å². The highest BCUT2D eigenvalue weighted by molar-refractivity contribution is 5.71. The predicted octanol–water partition coefficient (Wildman–Crippen LogP) is 24.6. The molecule has 1 unspecified atom stereocenters. The Bertz CT molecular complexity index is 1170. The van der Waals surface area contributed by atoms with Crippen molar-refractivity contribution in [2.75, 3.05) is 13.2 Å². The molecule has 0 saturated heterocycles. The van der Waals surface area contributed by atoms with Gasteiger partial charge in [-0.1, -0.05) is 387 Å². The maximum absolute atomic E-state index is 12.9. The van der Waals surface area contributed by atoms with Crippen LogP contribution < -0.4 is 0 Å². The fraction of sp³-hybridized carbons (Fsp3) is 0.958. The van der Waals surface area contributed by atoms with Crippen LogP contribution in [0.15, 0.2) is 0 Å². The van der Waals surface area contributed by atoms with Crippen molar-refractivity contribution in [2.45, 2.75) is 431 Å². The Kier molecular flexibility index (Phi) is 66.5. The average Bonchev–Trinajstić information content (AvgIpc) is 3.44. The highest BCUT2D eigenvalue weighted by Gasteiger charge is 2.19. The van der Waals surface area contributed by atoms with Crippen LogP contribution in [0.2, 0.25) is 0 Å². The van der Waals surface area contributed by atoms with Crippen molar-refractivity contribution in [1.82, 2.24) is 0 Å². The van der Waals surface area contributed by atoms with Crippen LogP contribution >= 0.6 is 0 Å². The van der Waals surface area contributed by atoms with Crippen molar-refractivity contribution in [3.05, 3.63) is 0 Å². The standard InChI is InChI=1S/C72H140O6/c1-4-7-10-13-16-18-20-22-24-26-28-30-31-32-33-34-35-36-37-38-39-40-41-42-43-45-46-48-50-52-54-56-59-62-65-71(74)77-68-69(67-76-70(73)64-61-58-15-12-9-6-3)78-72(75)66-63-60-57-55-53-51-49-47-44-29-27-25-23-21-19-17-14-11-8-5-2/h69H,4-68H2,1-3H3. The lowest BCUT2D eigenvalue weighted by Crippen LogP contribution is -2.30. The molecule has 1 atom stereocenters. The van der Waals surface area contributed by atoms with E-state index in [4.69, 9.17) is 14.2 Å². The first kappa shape index (κ1) is 76.4. The zero-order valence-electron chi connectivity index (χ0n) is 53.5. The van der Waals surface area contributed by atoms with Gasteiger partial charge in [0, 0.05) is 19.3 Å². The maximum Gasteiger partial charge on any atom is 0.306 e. The number of unbranched alkanes of at least 4 members (excludes halogenated alkanes) is 57. The summed E-state index contributed by atoms with van der Waals surface area (Å²) in [6, 6.07) is 0. The number of carbonyl (C=O) groups is 3.